The maximum Gasteiger partial charge on any atom is 0.129 e. The summed E-state index contributed by atoms with van der Waals surface area (Å²) in [5, 5.41) is 36.9. The topological polar surface area (TPSA) is 94.1 Å². The number of Topliss-reactive ketones (excluding diaryl/α,β-unsaturated/α-hetero) is 1. The fourth-order valence-electron chi connectivity index (χ4n) is 5.01. The molecule has 0 aliphatic heterocycles. The van der Waals surface area contributed by atoms with E-state index in [1.54, 1.807) is 19.1 Å². The van der Waals surface area contributed by atoms with Gasteiger partial charge in [-0.3, -0.25) is 0 Å². The molecule has 5 rings (SSSR count). The molecule has 0 radical (unpaired) electrons. The van der Waals surface area contributed by atoms with E-state index in [-0.39, 0.29) is 11.5 Å². The number of phenolic OH excluding ortho intramolecular Hbond substituents is 1. The van der Waals surface area contributed by atoms with E-state index in [1.165, 1.54) is 0 Å². The molecule has 0 spiro atoms. The molecule has 0 amide bonds. The van der Waals surface area contributed by atoms with Crippen molar-refractivity contribution >= 4 is 48.9 Å². The summed E-state index contributed by atoms with van der Waals surface area (Å²) in [6.07, 6.45) is 3.33. The molecule has 5 heteroatoms. The number of aromatic hydroxyl groups is 1. The predicted molar refractivity (Wildman–Crippen MR) is 142 cm³/mol. The first-order valence-corrected chi connectivity index (χ1v) is 12.0. The Morgan fingerprint density at radius 1 is 0.778 bits per heavy atom. The molecule has 0 heterocycles. The molecule has 5 aromatic carbocycles. The summed E-state index contributed by atoms with van der Waals surface area (Å²) < 4.78 is 5.98. The Balaban J connectivity index is 1.66. The van der Waals surface area contributed by atoms with E-state index in [2.05, 4.69) is 12.1 Å². The summed E-state index contributed by atoms with van der Waals surface area (Å²) in [4.78, 5) is 11.1. The number of benzene rings is 5. The van der Waals surface area contributed by atoms with Crippen LogP contribution in [0.1, 0.15) is 43.7 Å². The summed E-state index contributed by atoms with van der Waals surface area (Å²) >= 11 is 0. The highest BCUT2D eigenvalue weighted by Crippen LogP contribution is 2.41. The predicted octanol–water partition coefficient (Wildman–Crippen LogP) is 7.28. The highest BCUT2D eigenvalue weighted by Gasteiger charge is 2.18. The van der Waals surface area contributed by atoms with Crippen LogP contribution in [-0.2, 0) is 4.79 Å². The second kappa shape index (κ2) is 9.56. The third kappa shape index (κ3) is 4.06. The molecule has 5 nitrogen and oxygen atoms in total. The largest absolute Gasteiger partial charge is 0.508 e. The summed E-state index contributed by atoms with van der Waals surface area (Å²) in [7, 11) is 0. The molecular formula is C31H24N2O3. The van der Waals surface area contributed by atoms with E-state index in [0.29, 0.717) is 24.2 Å². The van der Waals surface area contributed by atoms with Crippen molar-refractivity contribution in [3.8, 4) is 23.6 Å². The Kier molecular flexibility index (Phi) is 6.15. The van der Waals surface area contributed by atoms with E-state index in [9.17, 15) is 20.4 Å². The quantitative estimate of drug-likeness (QED) is 0.198. The number of nitriles is 2. The average molecular weight is 473 g/mol. The van der Waals surface area contributed by atoms with Gasteiger partial charge < -0.3 is 14.6 Å². The molecular weight excluding hydrogens is 448 g/mol. The van der Waals surface area contributed by atoms with E-state index in [1.807, 2.05) is 48.5 Å². The number of unbranched alkanes of at least 4 members (excludes halogenated alkanes) is 2. The second-order valence-corrected chi connectivity index (χ2v) is 9.10. The van der Waals surface area contributed by atoms with Crippen LogP contribution >= 0.6 is 0 Å². The first-order chi connectivity index (χ1) is 17.5. The van der Waals surface area contributed by atoms with Crippen molar-refractivity contribution in [3.63, 3.8) is 0 Å². The molecule has 0 saturated heterocycles. The van der Waals surface area contributed by atoms with Gasteiger partial charge in [0.25, 0.3) is 0 Å². The highest BCUT2D eigenvalue weighted by atomic mass is 16.5. The average Bonchev–Trinajstić information content (AvgIpc) is 2.88. The summed E-state index contributed by atoms with van der Waals surface area (Å²) in [6.45, 7) is 2.20. The van der Waals surface area contributed by atoms with Crippen molar-refractivity contribution in [1.29, 1.82) is 10.5 Å². The molecule has 1 N–H and O–H groups in total. The van der Waals surface area contributed by atoms with Crippen LogP contribution in [0.2, 0.25) is 0 Å². The lowest BCUT2D eigenvalue weighted by Crippen LogP contribution is -1.98. The van der Waals surface area contributed by atoms with Gasteiger partial charge in [0.2, 0.25) is 0 Å². The minimum Gasteiger partial charge on any atom is -0.508 e. The molecule has 0 aromatic heterocycles. The van der Waals surface area contributed by atoms with Crippen LogP contribution in [0.3, 0.4) is 0 Å². The number of fused-ring (bicyclic) bond motifs is 7. The number of nitrogens with zero attached hydrogens (tertiary/aromatic N) is 2. The molecule has 0 aliphatic rings. The monoisotopic (exact) mass is 472 g/mol. The number of hydrogen-bond acceptors (Lipinski definition) is 5. The van der Waals surface area contributed by atoms with Gasteiger partial charge in [0.1, 0.15) is 29.4 Å². The van der Waals surface area contributed by atoms with E-state index in [4.69, 9.17) is 4.74 Å². The minimum atomic E-state index is 0.174. The van der Waals surface area contributed by atoms with Gasteiger partial charge in [-0.05, 0) is 82.8 Å². The smallest absolute Gasteiger partial charge is 0.129 e. The number of phenols is 1. The van der Waals surface area contributed by atoms with Crippen molar-refractivity contribution < 1.29 is 14.6 Å². The van der Waals surface area contributed by atoms with Gasteiger partial charge in [-0.1, -0.05) is 36.4 Å². The summed E-state index contributed by atoms with van der Waals surface area (Å²) in [5.41, 5.74) is 0.727. The zero-order valence-electron chi connectivity index (χ0n) is 20.0. The minimum absolute atomic E-state index is 0.174. The van der Waals surface area contributed by atoms with Crippen molar-refractivity contribution in [1.82, 2.24) is 0 Å². The first kappa shape index (κ1) is 23.1. The third-order valence-electron chi connectivity index (χ3n) is 6.70. The van der Waals surface area contributed by atoms with Gasteiger partial charge in [0, 0.05) is 17.2 Å². The van der Waals surface area contributed by atoms with Crippen molar-refractivity contribution in [2.24, 2.45) is 0 Å². The SMILES string of the molecule is CC(=O)CCCCCOc1ccc2c(ccc3c(C#N)c(C#N)c4ccc5cc(O)ccc5c4c32)c1. The Morgan fingerprint density at radius 2 is 1.36 bits per heavy atom. The van der Waals surface area contributed by atoms with Crippen LogP contribution < -0.4 is 4.74 Å². The van der Waals surface area contributed by atoms with Gasteiger partial charge >= 0.3 is 0 Å². The highest BCUT2D eigenvalue weighted by molar-refractivity contribution is 6.29. The van der Waals surface area contributed by atoms with Gasteiger partial charge in [-0.2, -0.15) is 10.5 Å². The van der Waals surface area contributed by atoms with Crippen LogP contribution in [0.4, 0.5) is 0 Å². The number of hydrogen-bond donors (Lipinski definition) is 1. The van der Waals surface area contributed by atoms with Crippen molar-refractivity contribution in [3.05, 3.63) is 71.8 Å². The van der Waals surface area contributed by atoms with E-state index >= 15 is 0 Å². The van der Waals surface area contributed by atoms with Crippen molar-refractivity contribution in [2.75, 3.05) is 6.61 Å². The fraction of sp³-hybridized carbons (Fsp3) is 0.194. The number of carbonyl (C=O) groups excluding carboxylic acids is 1. The maximum absolute atomic E-state index is 11.1. The Labute approximate surface area is 208 Å². The fourth-order valence-corrected chi connectivity index (χ4v) is 5.01. The molecule has 36 heavy (non-hydrogen) atoms. The molecule has 0 fully saturated rings. The Hall–Kier alpha value is -4.61. The van der Waals surface area contributed by atoms with Crippen LogP contribution in [0.5, 0.6) is 11.5 Å². The van der Waals surface area contributed by atoms with Gasteiger partial charge in [-0.25, -0.2) is 0 Å². The number of carbonyl (C=O) groups is 1. The van der Waals surface area contributed by atoms with Crippen LogP contribution in [0.25, 0.3) is 43.1 Å². The van der Waals surface area contributed by atoms with Crippen LogP contribution in [-0.4, -0.2) is 17.5 Å². The lowest BCUT2D eigenvalue weighted by atomic mass is 9.87. The number of ketones is 1. The zero-order valence-corrected chi connectivity index (χ0v) is 20.0. The Bertz CT molecular complexity index is 1760. The lowest BCUT2D eigenvalue weighted by molar-refractivity contribution is -0.117. The molecule has 0 bridgehead atoms. The molecule has 0 unspecified atom stereocenters. The van der Waals surface area contributed by atoms with Crippen LogP contribution in [0, 0.1) is 22.7 Å². The molecule has 0 saturated carbocycles. The molecule has 0 atom stereocenters. The van der Waals surface area contributed by atoms with E-state index < -0.39 is 0 Å². The normalized spacial score (nSPS) is 11.1. The third-order valence-corrected chi connectivity index (χ3v) is 6.70. The lowest BCUT2D eigenvalue weighted by Gasteiger charge is -2.15. The first-order valence-electron chi connectivity index (χ1n) is 12.0. The van der Waals surface area contributed by atoms with Gasteiger partial charge in [0.05, 0.1) is 17.7 Å². The molecule has 5 aromatic rings. The van der Waals surface area contributed by atoms with E-state index in [0.717, 1.165) is 68.1 Å². The number of rotatable bonds is 7. The molecule has 176 valence electrons. The molecule has 0 aliphatic carbocycles. The zero-order chi connectivity index (χ0) is 25.2. The van der Waals surface area contributed by atoms with Crippen LogP contribution in [0.15, 0.2) is 60.7 Å². The second-order valence-electron chi connectivity index (χ2n) is 9.10. The van der Waals surface area contributed by atoms with Gasteiger partial charge in [-0.15, -0.1) is 0 Å². The number of ether oxygens (including phenoxy) is 1. The maximum atomic E-state index is 11.1. The van der Waals surface area contributed by atoms with Gasteiger partial charge in [0.15, 0.2) is 0 Å². The Morgan fingerprint density at radius 3 is 1.97 bits per heavy atom. The van der Waals surface area contributed by atoms with Crippen molar-refractivity contribution in [2.45, 2.75) is 32.6 Å². The summed E-state index contributed by atoms with van der Waals surface area (Å²) in [6, 6.07) is 23.3. The summed E-state index contributed by atoms with van der Waals surface area (Å²) in [5.74, 6) is 1.16. The standard InChI is InChI=1S/C31H24N2O3/c1-19(34)5-3-2-4-14-36-23-9-13-25-21(16-23)7-11-27-29(18-33)28(17-32)26-10-6-20-15-22(35)8-12-24(20)30(26)31(25)27/h6-13,15-16,35H,2-5,14H2,1H3.